The molecular formula is C13H12N2O4S2. The maximum Gasteiger partial charge on any atom is 0.266 e. The summed E-state index contributed by atoms with van der Waals surface area (Å²) in [5, 5.41) is 10.0. The first-order valence-corrected chi connectivity index (χ1v) is 7.06. The Morgan fingerprint density at radius 3 is 2.90 bits per heavy atom. The number of carbonyl (C=O) groups is 2. The number of phenolic OH excluding ortho intramolecular Hbond substituents is 1. The van der Waals surface area contributed by atoms with Crippen molar-refractivity contribution in [1.29, 1.82) is 0 Å². The van der Waals surface area contributed by atoms with Crippen molar-refractivity contribution < 1.29 is 19.4 Å². The summed E-state index contributed by atoms with van der Waals surface area (Å²) in [5.41, 5.74) is 5.50. The maximum absolute atomic E-state index is 12.2. The normalized spacial score (nSPS) is 16.6. The molecule has 1 aromatic carbocycles. The SMILES string of the molecule is COc1cccc(C=C2SC(=S)N(CC(N)=O)C2=O)c1O. The molecular weight excluding hydrogens is 312 g/mol. The second-order valence-corrected chi connectivity index (χ2v) is 5.81. The largest absolute Gasteiger partial charge is 0.504 e. The van der Waals surface area contributed by atoms with Crippen LogP contribution in [0.1, 0.15) is 5.56 Å². The van der Waals surface area contributed by atoms with Crippen LogP contribution in [0.15, 0.2) is 23.1 Å². The fraction of sp³-hybridized carbons (Fsp3) is 0.154. The van der Waals surface area contributed by atoms with Crippen molar-refractivity contribution >= 4 is 46.2 Å². The lowest BCUT2D eigenvalue weighted by Crippen LogP contribution is -2.36. The van der Waals surface area contributed by atoms with Crippen LogP contribution in [-0.2, 0) is 9.59 Å². The van der Waals surface area contributed by atoms with Gasteiger partial charge in [0.1, 0.15) is 10.9 Å². The van der Waals surface area contributed by atoms with Gasteiger partial charge in [-0.15, -0.1) is 0 Å². The van der Waals surface area contributed by atoms with Gasteiger partial charge in [-0.1, -0.05) is 36.1 Å². The van der Waals surface area contributed by atoms with E-state index in [0.717, 1.165) is 16.7 Å². The van der Waals surface area contributed by atoms with E-state index in [9.17, 15) is 14.7 Å². The zero-order chi connectivity index (χ0) is 15.6. The van der Waals surface area contributed by atoms with Crippen LogP contribution in [0.25, 0.3) is 6.08 Å². The predicted molar refractivity (Wildman–Crippen MR) is 83.7 cm³/mol. The summed E-state index contributed by atoms with van der Waals surface area (Å²) in [6.45, 7) is -0.258. The summed E-state index contributed by atoms with van der Waals surface area (Å²) in [6, 6.07) is 4.93. The Labute approximate surface area is 130 Å². The molecule has 1 aromatic rings. The van der Waals surface area contributed by atoms with Crippen LogP contribution in [0, 0.1) is 0 Å². The minimum atomic E-state index is -0.642. The number of hydrogen-bond donors (Lipinski definition) is 2. The van der Waals surface area contributed by atoms with Crippen molar-refractivity contribution in [2.45, 2.75) is 0 Å². The van der Waals surface area contributed by atoms with Crippen molar-refractivity contribution in [1.82, 2.24) is 4.90 Å². The van der Waals surface area contributed by atoms with Gasteiger partial charge in [-0.2, -0.15) is 0 Å². The summed E-state index contributed by atoms with van der Waals surface area (Å²) in [6.07, 6.45) is 1.50. The number of rotatable bonds is 4. The number of thiocarbonyl (C=S) groups is 1. The third-order valence-electron chi connectivity index (χ3n) is 2.72. The van der Waals surface area contributed by atoms with Crippen molar-refractivity contribution in [3.05, 3.63) is 28.7 Å². The lowest BCUT2D eigenvalue weighted by atomic mass is 10.1. The zero-order valence-corrected chi connectivity index (χ0v) is 12.7. The molecule has 0 saturated carbocycles. The van der Waals surface area contributed by atoms with Crippen LogP contribution in [0.3, 0.4) is 0 Å². The predicted octanol–water partition coefficient (Wildman–Crippen LogP) is 1.09. The number of ether oxygens (including phenoxy) is 1. The highest BCUT2D eigenvalue weighted by atomic mass is 32.2. The monoisotopic (exact) mass is 324 g/mol. The van der Waals surface area contributed by atoms with E-state index in [4.69, 9.17) is 22.7 Å². The Bertz CT molecular complexity index is 658. The van der Waals surface area contributed by atoms with Crippen LogP contribution in [0.2, 0.25) is 0 Å². The lowest BCUT2D eigenvalue weighted by molar-refractivity contribution is -0.127. The molecule has 0 atom stereocenters. The van der Waals surface area contributed by atoms with Gasteiger partial charge in [0.2, 0.25) is 5.91 Å². The summed E-state index contributed by atoms with van der Waals surface area (Å²) in [5.74, 6) is -0.820. The van der Waals surface area contributed by atoms with E-state index in [-0.39, 0.29) is 16.6 Å². The van der Waals surface area contributed by atoms with Gasteiger partial charge in [0, 0.05) is 5.56 Å². The van der Waals surface area contributed by atoms with E-state index < -0.39 is 11.8 Å². The van der Waals surface area contributed by atoms with Gasteiger partial charge in [0.15, 0.2) is 11.5 Å². The molecule has 6 nitrogen and oxygen atoms in total. The van der Waals surface area contributed by atoms with E-state index in [0.29, 0.717) is 16.2 Å². The average molecular weight is 324 g/mol. The van der Waals surface area contributed by atoms with Gasteiger partial charge in [-0.25, -0.2) is 0 Å². The third kappa shape index (κ3) is 3.17. The van der Waals surface area contributed by atoms with Crippen LogP contribution in [0.5, 0.6) is 11.5 Å². The molecule has 0 radical (unpaired) electrons. The first kappa shape index (κ1) is 15.3. The second kappa shape index (κ2) is 6.15. The van der Waals surface area contributed by atoms with E-state index >= 15 is 0 Å². The molecule has 8 heteroatoms. The molecule has 2 rings (SSSR count). The molecule has 1 aliphatic heterocycles. The van der Waals surface area contributed by atoms with Crippen molar-refractivity contribution in [2.24, 2.45) is 5.73 Å². The molecule has 2 amide bonds. The van der Waals surface area contributed by atoms with Crippen molar-refractivity contribution in [2.75, 3.05) is 13.7 Å². The lowest BCUT2D eigenvalue weighted by Gasteiger charge is -2.10. The highest BCUT2D eigenvalue weighted by molar-refractivity contribution is 8.26. The van der Waals surface area contributed by atoms with Gasteiger partial charge in [-0.3, -0.25) is 14.5 Å². The number of primary amides is 1. The smallest absolute Gasteiger partial charge is 0.266 e. The molecule has 0 aliphatic carbocycles. The zero-order valence-electron chi connectivity index (χ0n) is 11.0. The second-order valence-electron chi connectivity index (χ2n) is 4.13. The van der Waals surface area contributed by atoms with Crippen LogP contribution < -0.4 is 10.5 Å². The molecule has 0 bridgehead atoms. The Hall–Kier alpha value is -2.06. The maximum atomic E-state index is 12.2. The Kier molecular flexibility index (Phi) is 4.49. The van der Waals surface area contributed by atoms with E-state index in [1.807, 2.05) is 0 Å². The highest BCUT2D eigenvalue weighted by Gasteiger charge is 2.33. The van der Waals surface area contributed by atoms with Crippen LogP contribution >= 0.6 is 24.0 Å². The van der Waals surface area contributed by atoms with E-state index in [1.54, 1.807) is 18.2 Å². The number of methoxy groups -OCH3 is 1. The topological polar surface area (TPSA) is 92.9 Å². The molecule has 1 fully saturated rings. The molecule has 110 valence electrons. The van der Waals surface area contributed by atoms with Gasteiger partial charge in [0.05, 0.1) is 12.0 Å². The van der Waals surface area contributed by atoms with Crippen molar-refractivity contribution in [3.63, 3.8) is 0 Å². The highest BCUT2D eigenvalue weighted by Crippen LogP contribution is 2.36. The fourth-order valence-corrected chi connectivity index (χ4v) is 3.00. The molecule has 21 heavy (non-hydrogen) atoms. The number of nitrogens with two attached hydrogens (primary N) is 1. The molecule has 0 aromatic heterocycles. The number of nitrogens with zero attached hydrogens (tertiary/aromatic N) is 1. The molecule has 0 unspecified atom stereocenters. The summed E-state index contributed by atoms with van der Waals surface area (Å²) in [4.78, 5) is 24.5. The van der Waals surface area contributed by atoms with Crippen LogP contribution in [0.4, 0.5) is 0 Å². The average Bonchev–Trinajstić information content (AvgIpc) is 2.68. The summed E-state index contributed by atoms with van der Waals surface area (Å²) in [7, 11) is 1.44. The molecule has 1 aliphatic rings. The first-order valence-electron chi connectivity index (χ1n) is 5.83. The van der Waals surface area contributed by atoms with Crippen LogP contribution in [-0.4, -0.2) is 39.8 Å². The number of aromatic hydroxyl groups is 1. The van der Waals surface area contributed by atoms with Gasteiger partial charge < -0.3 is 15.6 Å². The number of para-hydroxylation sites is 1. The minimum absolute atomic E-state index is 0.0693. The molecule has 1 saturated heterocycles. The summed E-state index contributed by atoms with van der Waals surface area (Å²) < 4.78 is 5.26. The fourth-order valence-electron chi connectivity index (χ4n) is 1.75. The van der Waals surface area contributed by atoms with E-state index in [2.05, 4.69) is 0 Å². The standard InChI is InChI=1S/C13H12N2O4S2/c1-19-8-4-2-3-7(11(8)17)5-9-12(18)15(6-10(14)16)13(20)21-9/h2-5,17H,6H2,1H3,(H2,14,16). The third-order valence-corrected chi connectivity index (χ3v) is 4.10. The Balaban J connectivity index is 2.33. The first-order chi connectivity index (χ1) is 9.93. The van der Waals surface area contributed by atoms with E-state index in [1.165, 1.54) is 13.2 Å². The van der Waals surface area contributed by atoms with Gasteiger partial charge in [-0.05, 0) is 12.1 Å². The number of carbonyl (C=O) groups excluding carboxylic acids is 2. The van der Waals surface area contributed by atoms with Gasteiger partial charge in [0.25, 0.3) is 5.91 Å². The molecule has 0 spiro atoms. The number of thioether (sulfide) groups is 1. The molecule has 3 N–H and O–H groups in total. The quantitative estimate of drug-likeness (QED) is 0.636. The number of hydrogen-bond acceptors (Lipinski definition) is 6. The Morgan fingerprint density at radius 2 is 2.29 bits per heavy atom. The molecule has 1 heterocycles. The number of amides is 2. The van der Waals surface area contributed by atoms with Gasteiger partial charge >= 0.3 is 0 Å². The minimum Gasteiger partial charge on any atom is -0.504 e. The summed E-state index contributed by atoms with van der Waals surface area (Å²) >= 11 is 6.09. The Morgan fingerprint density at radius 1 is 1.57 bits per heavy atom. The number of benzene rings is 1. The number of phenols is 1. The van der Waals surface area contributed by atoms with Crippen molar-refractivity contribution in [3.8, 4) is 11.5 Å².